The van der Waals surface area contributed by atoms with Gasteiger partial charge < -0.3 is 14.5 Å². The Morgan fingerprint density at radius 3 is 2.76 bits per heavy atom. The van der Waals surface area contributed by atoms with Crippen LogP contribution in [-0.4, -0.2) is 36.4 Å². The highest BCUT2D eigenvalue weighted by molar-refractivity contribution is 7.16. The molecule has 2 aromatic heterocycles. The van der Waals surface area contributed by atoms with Gasteiger partial charge >= 0.3 is 0 Å². The van der Waals surface area contributed by atoms with Crippen molar-refractivity contribution in [2.45, 2.75) is 26.7 Å². The summed E-state index contributed by atoms with van der Waals surface area (Å²) in [6.45, 7) is 5.80. The first kappa shape index (κ1) is 17.8. The monoisotopic (exact) mass is 362 g/mol. The van der Waals surface area contributed by atoms with Crippen molar-refractivity contribution < 1.29 is 18.7 Å². The molecular weight excluding hydrogens is 340 g/mol. The number of ether oxygens (including phenoxy) is 1. The van der Waals surface area contributed by atoms with Crippen LogP contribution in [-0.2, 0) is 4.74 Å². The molecule has 1 saturated heterocycles. The van der Waals surface area contributed by atoms with E-state index in [4.69, 9.17) is 9.15 Å². The van der Waals surface area contributed by atoms with Gasteiger partial charge in [0, 0.05) is 25.7 Å². The largest absolute Gasteiger partial charge is 0.463 e. The number of Topliss-reactive ketones (excluding diaryl/α,β-unsaturated/α-hetero) is 1. The van der Waals surface area contributed by atoms with Gasteiger partial charge in [0.2, 0.25) is 0 Å². The van der Waals surface area contributed by atoms with Crippen molar-refractivity contribution in [3.8, 4) is 11.5 Å². The molecule has 0 atom stereocenters. The zero-order chi connectivity index (χ0) is 17.8. The number of carbonyl (C=O) groups is 2. The van der Waals surface area contributed by atoms with Crippen molar-refractivity contribution in [2.75, 3.05) is 19.8 Å². The second kappa shape index (κ2) is 7.93. The number of nitrogens with zero attached hydrogens (tertiary/aromatic N) is 1. The van der Waals surface area contributed by atoms with Gasteiger partial charge in [0.15, 0.2) is 16.6 Å². The number of hydrogen-bond donors (Lipinski definition) is 1. The summed E-state index contributed by atoms with van der Waals surface area (Å²) >= 11 is 1.15. The molecule has 0 radical (unpaired) electrons. The van der Waals surface area contributed by atoms with Gasteiger partial charge in [-0.25, -0.2) is 4.98 Å². The summed E-state index contributed by atoms with van der Waals surface area (Å²) in [6.07, 6.45) is 2.93. The highest BCUT2D eigenvalue weighted by atomic mass is 32.1. The fraction of sp³-hybridized carbons (Fsp3) is 0.500. The molecular formula is C18H22N2O4S. The normalized spacial score (nSPS) is 15.5. The Balaban J connectivity index is 1.89. The number of carbonyl (C=O) groups excluding carboxylic acids is 2. The SMILES string of the molecule is CC(C)CNC(=O)c1nc(-c2ccco2)c(C(=O)C2CCOCC2)s1. The first-order chi connectivity index (χ1) is 12.1. The van der Waals surface area contributed by atoms with Crippen molar-refractivity contribution in [1.29, 1.82) is 0 Å². The maximum atomic E-state index is 13.0. The Kier molecular flexibility index (Phi) is 5.65. The van der Waals surface area contributed by atoms with Gasteiger partial charge in [-0.1, -0.05) is 13.8 Å². The van der Waals surface area contributed by atoms with Crippen LogP contribution < -0.4 is 5.32 Å². The van der Waals surface area contributed by atoms with Crippen molar-refractivity contribution in [3.05, 3.63) is 28.3 Å². The number of rotatable bonds is 6. The van der Waals surface area contributed by atoms with E-state index in [1.54, 1.807) is 12.1 Å². The molecule has 1 fully saturated rings. The first-order valence-electron chi connectivity index (χ1n) is 8.51. The lowest BCUT2D eigenvalue weighted by molar-refractivity contribution is 0.0547. The number of nitrogens with one attached hydrogen (secondary N) is 1. The minimum atomic E-state index is -0.252. The molecule has 1 amide bonds. The summed E-state index contributed by atoms with van der Waals surface area (Å²) < 4.78 is 10.8. The second-order valence-corrected chi connectivity index (χ2v) is 7.53. The van der Waals surface area contributed by atoms with Crippen LogP contribution >= 0.6 is 11.3 Å². The maximum Gasteiger partial charge on any atom is 0.280 e. The number of thiazole rings is 1. The Morgan fingerprint density at radius 2 is 2.12 bits per heavy atom. The molecule has 3 rings (SSSR count). The third kappa shape index (κ3) is 4.16. The van der Waals surface area contributed by atoms with Crippen LogP contribution in [0.2, 0.25) is 0 Å². The number of hydrogen-bond acceptors (Lipinski definition) is 6. The molecule has 0 spiro atoms. The van der Waals surface area contributed by atoms with Crippen molar-refractivity contribution in [2.24, 2.45) is 11.8 Å². The zero-order valence-electron chi connectivity index (χ0n) is 14.4. The van der Waals surface area contributed by atoms with Crippen LogP contribution in [0.1, 0.15) is 46.2 Å². The van der Waals surface area contributed by atoms with E-state index in [9.17, 15) is 9.59 Å². The van der Waals surface area contributed by atoms with E-state index in [1.165, 1.54) is 6.26 Å². The molecule has 134 valence electrons. The zero-order valence-corrected chi connectivity index (χ0v) is 15.2. The topological polar surface area (TPSA) is 81.4 Å². The number of aromatic nitrogens is 1. The summed E-state index contributed by atoms with van der Waals surface area (Å²) in [7, 11) is 0. The van der Waals surface area contributed by atoms with Crippen LogP contribution in [0, 0.1) is 11.8 Å². The highest BCUT2D eigenvalue weighted by Gasteiger charge is 2.30. The van der Waals surface area contributed by atoms with E-state index >= 15 is 0 Å². The molecule has 7 heteroatoms. The Labute approximate surface area is 150 Å². The summed E-state index contributed by atoms with van der Waals surface area (Å²) in [4.78, 5) is 30.2. The molecule has 6 nitrogen and oxygen atoms in total. The summed E-state index contributed by atoms with van der Waals surface area (Å²) in [5.74, 6) is 0.536. The standard InChI is InChI=1S/C18H22N2O4S/c1-11(2)10-19-17(22)18-20-14(13-4-3-7-24-13)16(25-18)15(21)12-5-8-23-9-6-12/h3-4,7,11-12H,5-6,8-10H2,1-2H3,(H,19,22). The molecule has 0 bridgehead atoms. The van der Waals surface area contributed by atoms with Gasteiger partial charge in [-0.3, -0.25) is 9.59 Å². The average molecular weight is 362 g/mol. The van der Waals surface area contributed by atoms with Crippen LogP contribution in [0.4, 0.5) is 0 Å². The summed E-state index contributed by atoms with van der Waals surface area (Å²) in [6, 6.07) is 3.50. The van der Waals surface area contributed by atoms with Crippen molar-refractivity contribution in [3.63, 3.8) is 0 Å². The van der Waals surface area contributed by atoms with Crippen molar-refractivity contribution >= 4 is 23.0 Å². The summed E-state index contributed by atoms with van der Waals surface area (Å²) in [5, 5.41) is 3.14. The fourth-order valence-corrected chi connectivity index (χ4v) is 3.69. The highest BCUT2D eigenvalue weighted by Crippen LogP contribution is 2.33. The van der Waals surface area contributed by atoms with Crippen LogP contribution in [0.3, 0.4) is 0 Å². The molecule has 25 heavy (non-hydrogen) atoms. The third-order valence-corrected chi connectivity index (χ3v) is 5.13. The first-order valence-corrected chi connectivity index (χ1v) is 9.32. The van der Waals surface area contributed by atoms with Crippen LogP contribution in [0.5, 0.6) is 0 Å². The molecule has 0 saturated carbocycles. The molecule has 0 aliphatic carbocycles. The van der Waals surface area contributed by atoms with E-state index in [1.807, 2.05) is 13.8 Å². The lowest BCUT2D eigenvalue weighted by atomic mass is 9.94. The van der Waals surface area contributed by atoms with Crippen LogP contribution in [0.15, 0.2) is 22.8 Å². The number of ketones is 1. The van der Waals surface area contributed by atoms with Gasteiger partial charge in [0.05, 0.1) is 6.26 Å². The fourth-order valence-electron chi connectivity index (χ4n) is 2.68. The molecule has 0 aromatic carbocycles. The molecule has 3 heterocycles. The van der Waals surface area contributed by atoms with E-state index < -0.39 is 0 Å². The Hall–Kier alpha value is -1.99. The van der Waals surface area contributed by atoms with E-state index in [0.717, 1.165) is 11.3 Å². The van der Waals surface area contributed by atoms with Gasteiger partial charge in [0.25, 0.3) is 5.91 Å². The smallest absolute Gasteiger partial charge is 0.280 e. The van der Waals surface area contributed by atoms with Gasteiger partial charge in [-0.05, 0) is 30.9 Å². The Bertz CT molecular complexity index is 730. The van der Waals surface area contributed by atoms with E-state index in [0.29, 0.717) is 59.9 Å². The van der Waals surface area contributed by atoms with Gasteiger partial charge in [-0.15, -0.1) is 11.3 Å². The lowest BCUT2D eigenvalue weighted by Gasteiger charge is -2.20. The predicted octanol–water partition coefficient (Wildman–Crippen LogP) is 3.40. The lowest BCUT2D eigenvalue weighted by Crippen LogP contribution is -2.27. The van der Waals surface area contributed by atoms with E-state index in [2.05, 4.69) is 10.3 Å². The molecule has 1 aliphatic heterocycles. The van der Waals surface area contributed by atoms with Gasteiger partial charge in [0.1, 0.15) is 10.6 Å². The van der Waals surface area contributed by atoms with Crippen molar-refractivity contribution in [1.82, 2.24) is 10.3 Å². The third-order valence-electron chi connectivity index (χ3n) is 4.06. The van der Waals surface area contributed by atoms with Crippen LogP contribution in [0.25, 0.3) is 11.5 Å². The minimum Gasteiger partial charge on any atom is -0.463 e. The molecule has 1 N–H and O–H groups in total. The summed E-state index contributed by atoms with van der Waals surface area (Å²) in [5.41, 5.74) is 0.459. The quantitative estimate of drug-likeness (QED) is 0.797. The maximum absolute atomic E-state index is 13.0. The minimum absolute atomic E-state index is 0.0232. The van der Waals surface area contributed by atoms with E-state index in [-0.39, 0.29) is 17.6 Å². The molecule has 0 unspecified atom stereocenters. The molecule has 2 aromatic rings. The number of amides is 1. The predicted molar refractivity (Wildman–Crippen MR) is 94.9 cm³/mol. The number of furan rings is 1. The molecule has 1 aliphatic rings. The van der Waals surface area contributed by atoms with Gasteiger partial charge in [-0.2, -0.15) is 0 Å². The Morgan fingerprint density at radius 1 is 1.36 bits per heavy atom. The average Bonchev–Trinajstić information content (AvgIpc) is 3.29. The second-order valence-electron chi connectivity index (χ2n) is 6.53.